The van der Waals surface area contributed by atoms with Gasteiger partial charge in [0.15, 0.2) is 0 Å². The van der Waals surface area contributed by atoms with Gasteiger partial charge < -0.3 is 10.2 Å². The zero-order valence-corrected chi connectivity index (χ0v) is 11.9. The van der Waals surface area contributed by atoms with E-state index in [9.17, 15) is 4.79 Å². The number of hydrogen-bond acceptors (Lipinski definition) is 3. The van der Waals surface area contributed by atoms with Crippen LogP contribution in [0.4, 0.5) is 5.82 Å². The minimum absolute atomic E-state index is 0.217. The lowest BCUT2D eigenvalue weighted by Gasteiger charge is -2.32. The van der Waals surface area contributed by atoms with Crippen molar-refractivity contribution in [2.45, 2.75) is 57.0 Å². The van der Waals surface area contributed by atoms with Crippen molar-refractivity contribution in [2.24, 2.45) is 0 Å². The molecule has 1 N–H and O–H groups in total. The van der Waals surface area contributed by atoms with Crippen LogP contribution in [-0.4, -0.2) is 28.9 Å². The van der Waals surface area contributed by atoms with Crippen molar-refractivity contribution in [3.8, 4) is 0 Å². The molecule has 1 amide bonds. The summed E-state index contributed by atoms with van der Waals surface area (Å²) >= 11 is 0. The van der Waals surface area contributed by atoms with Crippen molar-refractivity contribution in [2.75, 3.05) is 11.9 Å². The molecule has 1 aromatic rings. The summed E-state index contributed by atoms with van der Waals surface area (Å²) in [4.78, 5) is 17.6. The highest BCUT2D eigenvalue weighted by Gasteiger charge is 2.23. The van der Waals surface area contributed by atoms with E-state index < -0.39 is 0 Å². The number of carbonyl (C=O) groups excluding carboxylic acids is 1. The van der Waals surface area contributed by atoms with E-state index in [1.807, 2.05) is 11.1 Å². The molecule has 0 unspecified atom stereocenters. The minimum atomic E-state index is 0.217. The molecule has 4 nitrogen and oxygen atoms in total. The predicted molar refractivity (Wildman–Crippen MR) is 79.5 cm³/mol. The molecule has 108 valence electrons. The molecule has 2 fully saturated rings. The second-order valence-corrected chi connectivity index (χ2v) is 5.96. The van der Waals surface area contributed by atoms with Gasteiger partial charge in [-0.2, -0.15) is 0 Å². The minimum Gasteiger partial charge on any atom is -0.367 e. The van der Waals surface area contributed by atoms with Crippen molar-refractivity contribution in [3.63, 3.8) is 0 Å². The highest BCUT2D eigenvalue weighted by Crippen LogP contribution is 2.30. The van der Waals surface area contributed by atoms with E-state index >= 15 is 0 Å². The number of piperidine rings is 1. The Labute approximate surface area is 120 Å². The molecule has 0 spiro atoms. The Hall–Kier alpha value is -1.58. The summed E-state index contributed by atoms with van der Waals surface area (Å²) in [6, 6.07) is 4.99. The maximum absolute atomic E-state index is 11.1. The molecule has 1 atom stereocenters. The number of pyridine rings is 1. The van der Waals surface area contributed by atoms with E-state index in [-0.39, 0.29) is 6.04 Å². The van der Waals surface area contributed by atoms with Crippen LogP contribution in [0.2, 0.25) is 0 Å². The van der Waals surface area contributed by atoms with Gasteiger partial charge in [-0.15, -0.1) is 0 Å². The maximum Gasteiger partial charge on any atom is 0.210 e. The van der Waals surface area contributed by atoms with Crippen LogP contribution in [0.3, 0.4) is 0 Å². The molecule has 3 rings (SSSR count). The first-order valence-electron chi connectivity index (χ1n) is 7.80. The van der Waals surface area contributed by atoms with Gasteiger partial charge in [-0.1, -0.05) is 18.9 Å². The van der Waals surface area contributed by atoms with Crippen molar-refractivity contribution >= 4 is 12.2 Å². The third-order valence-electron chi connectivity index (χ3n) is 4.56. The second-order valence-electron chi connectivity index (χ2n) is 5.96. The Balaban J connectivity index is 1.66. The van der Waals surface area contributed by atoms with E-state index in [1.54, 1.807) is 0 Å². The molecule has 20 heavy (non-hydrogen) atoms. The Kier molecular flexibility index (Phi) is 4.19. The van der Waals surface area contributed by atoms with Crippen LogP contribution in [0.25, 0.3) is 0 Å². The highest BCUT2D eigenvalue weighted by molar-refractivity contribution is 5.49. The summed E-state index contributed by atoms with van der Waals surface area (Å²) in [5.41, 5.74) is 1.16. The Morgan fingerprint density at radius 1 is 1.15 bits per heavy atom. The third kappa shape index (κ3) is 2.94. The summed E-state index contributed by atoms with van der Waals surface area (Å²) < 4.78 is 0. The number of likely N-dealkylation sites (tertiary alicyclic amines) is 1. The number of anilines is 1. The number of nitrogens with zero attached hydrogens (tertiary/aromatic N) is 2. The molecular formula is C16H23N3O. The lowest BCUT2D eigenvalue weighted by atomic mass is 9.97. The molecule has 0 bridgehead atoms. The van der Waals surface area contributed by atoms with Crippen LogP contribution in [0.5, 0.6) is 0 Å². The molecule has 2 aliphatic rings. The molecule has 1 aliphatic carbocycles. The van der Waals surface area contributed by atoms with Crippen molar-refractivity contribution in [3.05, 3.63) is 23.9 Å². The average molecular weight is 273 g/mol. The molecule has 2 heterocycles. The van der Waals surface area contributed by atoms with Crippen molar-refractivity contribution in [1.29, 1.82) is 0 Å². The predicted octanol–water partition coefficient (Wildman–Crippen LogP) is 3.12. The van der Waals surface area contributed by atoms with Gasteiger partial charge in [-0.25, -0.2) is 4.98 Å². The molecule has 4 heteroatoms. The SMILES string of the molecule is O=CN1CCCC[C@H]1c1ccc(NC2CCCC2)nc1. The van der Waals surface area contributed by atoms with Crippen LogP contribution in [0.1, 0.15) is 56.6 Å². The number of rotatable bonds is 4. The van der Waals surface area contributed by atoms with Gasteiger partial charge in [0.25, 0.3) is 0 Å². The first kappa shape index (κ1) is 13.4. The van der Waals surface area contributed by atoms with Gasteiger partial charge in [0, 0.05) is 18.8 Å². The van der Waals surface area contributed by atoms with E-state index in [1.165, 1.54) is 32.1 Å². The Bertz CT molecular complexity index is 440. The highest BCUT2D eigenvalue weighted by atomic mass is 16.1. The zero-order chi connectivity index (χ0) is 13.8. The van der Waals surface area contributed by atoms with Crippen LogP contribution in [0, 0.1) is 0 Å². The topological polar surface area (TPSA) is 45.2 Å². The number of amides is 1. The lowest BCUT2D eigenvalue weighted by molar-refractivity contribution is -0.121. The van der Waals surface area contributed by atoms with Crippen LogP contribution in [-0.2, 0) is 4.79 Å². The molecule has 1 aliphatic heterocycles. The number of aromatic nitrogens is 1. The van der Waals surface area contributed by atoms with Gasteiger partial charge in [0.05, 0.1) is 6.04 Å². The first-order valence-corrected chi connectivity index (χ1v) is 7.80. The normalized spacial score (nSPS) is 23.8. The second kappa shape index (κ2) is 6.25. The van der Waals surface area contributed by atoms with Crippen molar-refractivity contribution < 1.29 is 4.79 Å². The van der Waals surface area contributed by atoms with E-state index in [2.05, 4.69) is 22.4 Å². The Morgan fingerprint density at radius 3 is 2.65 bits per heavy atom. The molecule has 0 radical (unpaired) electrons. The van der Waals surface area contributed by atoms with E-state index in [0.717, 1.165) is 37.2 Å². The number of carbonyl (C=O) groups is 1. The zero-order valence-electron chi connectivity index (χ0n) is 11.9. The van der Waals surface area contributed by atoms with E-state index in [0.29, 0.717) is 6.04 Å². The van der Waals surface area contributed by atoms with Crippen LogP contribution >= 0.6 is 0 Å². The Morgan fingerprint density at radius 2 is 1.95 bits per heavy atom. The van der Waals surface area contributed by atoms with Crippen LogP contribution in [0.15, 0.2) is 18.3 Å². The van der Waals surface area contributed by atoms with Gasteiger partial charge in [-0.05, 0) is 43.7 Å². The molecule has 1 aromatic heterocycles. The van der Waals surface area contributed by atoms with E-state index in [4.69, 9.17) is 0 Å². The number of nitrogens with one attached hydrogen (secondary N) is 1. The number of hydrogen-bond donors (Lipinski definition) is 1. The largest absolute Gasteiger partial charge is 0.367 e. The summed E-state index contributed by atoms with van der Waals surface area (Å²) in [5.74, 6) is 0.967. The van der Waals surface area contributed by atoms with Gasteiger partial charge in [0.2, 0.25) is 6.41 Å². The van der Waals surface area contributed by atoms with Gasteiger partial charge in [0.1, 0.15) is 5.82 Å². The fourth-order valence-corrected chi connectivity index (χ4v) is 3.41. The fourth-order valence-electron chi connectivity index (χ4n) is 3.41. The average Bonchev–Trinajstić information content (AvgIpc) is 3.01. The van der Waals surface area contributed by atoms with Crippen molar-refractivity contribution in [1.82, 2.24) is 9.88 Å². The lowest BCUT2D eigenvalue weighted by Crippen LogP contribution is -2.32. The van der Waals surface area contributed by atoms with Gasteiger partial charge >= 0.3 is 0 Å². The first-order chi connectivity index (χ1) is 9.86. The van der Waals surface area contributed by atoms with Gasteiger partial charge in [-0.3, -0.25) is 4.79 Å². The summed E-state index contributed by atoms with van der Waals surface area (Å²) in [6.45, 7) is 0.871. The summed E-state index contributed by atoms with van der Waals surface area (Å²) in [5, 5.41) is 3.50. The summed E-state index contributed by atoms with van der Waals surface area (Å²) in [7, 11) is 0. The molecule has 1 saturated carbocycles. The third-order valence-corrected chi connectivity index (χ3v) is 4.56. The smallest absolute Gasteiger partial charge is 0.210 e. The quantitative estimate of drug-likeness (QED) is 0.857. The standard InChI is InChI=1S/C16H23N3O/c20-12-19-10-4-3-7-15(19)13-8-9-16(17-11-13)18-14-5-1-2-6-14/h8-9,11-12,14-15H,1-7,10H2,(H,17,18)/t15-/m0/s1. The fraction of sp³-hybridized carbons (Fsp3) is 0.625. The van der Waals surface area contributed by atoms with Crippen LogP contribution < -0.4 is 5.32 Å². The maximum atomic E-state index is 11.1. The summed E-state index contributed by atoms with van der Waals surface area (Å²) in [6.07, 6.45) is 11.4. The monoisotopic (exact) mass is 273 g/mol. The molecule has 1 saturated heterocycles. The molecule has 0 aromatic carbocycles. The molecular weight excluding hydrogens is 250 g/mol.